The van der Waals surface area contributed by atoms with E-state index >= 15 is 0 Å². The summed E-state index contributed by atoms with van der Waals surface area (Å²) < 4.78 is 13.1. The Bertz CT molecular complexity index is 913. The second kappa shape index (κ2) is 10.2. The number of carbonyl (C=O) groups is 1. The lowest BCUT2D eigenvalue weighted by molar-refractivity contribution is -0.137. The van der Waals surface area contributed by atoms with Crippen molar-refractivity contribution in [1.82, 2.24) is 19.8 Å². The predicted octanol–water partition coefficient (Wildman–Crippen LogP) is 3.98. The smallest absolute Gasteiger partial charge is 0.225 e. The Labute approximate surface area is 195 Å². The van der Waals surface area contributed by atoms with E-state index in [2.05, 4.69) is 24.7 Å². The number of rotatable bonds is 4. The molecule has 0 atom stereocenters. The van der Waals surface area contributed by atoms with Crippen molar-refractivity contribution in [2.75, 3.05) is 44.2 Å². The van der Waals surface area contributed by atoms with Gasteiger partial charge in [-0.25, -0.2) is 14.4 Å². The molecule has 3 aliphatic rings. The van der Waals surface area contributed by atoms with Gasteiger partial charge in [0.25, 0.3) is 0 Å². The van der Waals surface area contributed by atoms with E-state index in [-0.39, 0.29) is 11.7 Å². The third-order valence-corrected chi connectivity index (χ3v) is 7.63. The SMILES string of the molecule is O=C(C1CCN(c2ncc(-c3ccc(F)cc3)cn2)CC1)N1CCC(N2CCCCC2)CC1. The molecule has 2 aromatic rings. The van der Waals surface area contributed by atoms with Crippen LogP contribution >= 0.6 is 0 Å². The van der Waals surface area contributed by atoms with Crippen LogP contribution < -0.4 is 4.90 Å². The van der Waals surface area contributed by atoms with Crippen molar-refractivity contribution in [3.63, 3.8) is 0 Å². The van der Waals surface area contributed by atoms with Crippen LogP contribution in [0.15, 0.2) is 36.7 Å². The van der Waals surface area contributed by atoms with Crippen molar-refractivity contribution in [1.29, 1.82) is 0 Å². The first-order chi connectivity index (χ1) is 16.2. The highest BCUT2D eigenvalue weighted by Crippen LogP contribution is 2.27. The number of likely N-dealkylation sites (tertiary alicyclic amines) is 2. The van der Waals surface area contributed by atoms with E-state index in [0.29, 0.717) is 17.9 Å². The summed E-state index contributed by atoms with van der Waals surface area (Å²) >= 11 is 0. The summed E-state index contributed by atoms with van der Waals surface area (Å²) in [5.41, 5.74) is 1.77. The molecule has 0 aliphatic carbocycles. The highest BCUT2D eigenvalue weighted by atomic mass is 19.1. The molecule has 1 aromatic heterocycles. The van der Waals surface area contributed by atoms with Crippen LogP contribution in [0.2, 0.25) is 0 Å². The Morgan fingerprint density at radius 3 is 2.06 bits per heavy atom. The van der Waals surface area contributed by atoms with Gasteiger partial charge in [-0.05, 0) is 69.3 Å². The average Bonchev–Trinajstić information content (AvgIpc) is 2.90. The summed E-state index contributed by atoms with van der Waals surface area (Å²) in [5, 5.41) is 0. The van der Waals surface area contributed by atoms with Crippen molar-refractivity contribution < 1.29 is 9.18 Å². The van der Waals surface area contributed by atoms with E-state index in [1.165, 1.54) is 44.5 Å². The van der Waals surface area contributed by atoms with E-state index in [1.807, 2.05) is 0 Å². The van der Waals surface area contributed by atoms with Gasteiger partial charge in [0.05, 0.1) is 0 Å². The molecule has 4 heterocycles. The van der Waals surface area contributed by atoms with Crippen molar-refractivity contribution in [2.24, 2.45) is 5.92 Å². The van der Waals surface area contributed by atoms with Gasteiger partial charge in [-0.1, -0.05) is 18.6 Å². The average molecular weight is 452 g/mol. The standard InChI is InChI=1S/C26H34FN5O/c27-23-6-4-20(5-7-23)22-18-28-26(29-19-22)32-14-8-21(9-15-32)25(33)31-16-10-24(11-17-31)30-12-2-1-3-13-30/h4-7,18-19,21,24H,1-3,8-17H2. The highest BCUT2D eigenvalue weighted by Gasteiger charge is 2.33. The monoisotopic (exact) mass is 451 g/mol. The van der Waals surface area contributed by atoms with Crippen LogP contribution in [0, 0.1) is 11.7 Å². The van der Waals surface area contributed by atoms with Crippen LogP contribution in [0.3, 0.4) is 0 Å². The summed E-state index contributed by atoms with van der Waals surface area (Å²) in [6, 6.07) is 7.04. The van der Waals surface area contributed by atoms with E-state index in [0.717, 1.165) is 63.0 Å². The van der Waals surface area contributed by atoms with Gasteiger partial charge in [0.15, 0.2) is 0 Å². The first-order valence-electron chi connectivity index (χ1n) is 12.5. The zero-order valence-electron chi connectivity index (χ0n) is 19.3. The van der Waals surface area contributed by atoms with Gasteiger partial charge in [0, 0.05) is 56.1 Å². The zero-order chi connectivity index (χ0) is 22.6. The van der Waals surface area contributed by atoms with Gasteiger partial charge in [0.2, 0.25) is 11.9 Å². The molecule has 3 saturated heterocycles. The molecule has 0 unspecified atom stereocenters. The van der Waals surface area contributed by atoms with Gasteiger partial charge >= 0.3 is 0 Å². The fourth-order valence-corrected chi connectivity index (χ4v) is 5.60. The maximum absolute atomic E-state index is 13.1. The normalized spacial score (nSPS) is 21.4. The second-order valence-electron chi connectivity index (χ2n) is 9.69. The minimum Gasteiger partial charge on any atom is -0.342 e. The first-order valence-corrected chi connectivity index (χ1v) is 12.5. The molecule has 0 bridgehead atoms. The lowest BCUT2D eigenvalue weighted by atomic mass is 9.93. The van der Waals surface area contributed by atoms with Crippen molar-refractivity contribution >= 4 is 11.9 Å². The Balaban J connectivity index is 1.10. The van der Waals surface area contributed by atoms with Crippen molar-refractivity contribution in [3.05, 3.63) is 42.5 Å². The quantitative estimate of drug-likeness (QED) is 0.704. The molecular weight excluding hydrogens is 417 g/mol. The van der Waals surface area contributed by atoms with Crippen LogP contribution in [0.1, 0.15) is 44.9 Å². The number of amides is 1. The van der Waals surface area contributed by atoms with Gasteiger partial charge in [-0.15, -0.1) is 0 Å². The fourth-order valence-electron chi connectivity index (χ4n) is 5.60. The number of nitrogens with zero attached hydrogens (tertiary/aromatic N) is 5. The summed E-state index contributed by atoms with van der Waals surface area (Å²) in [6.07, 6.45) is 11.6. The van der Waals surface area contributed by atoms with Crippen LogP contribution in [0.25, 0.3) is 11.1 Å². The number of anilines is 1. The molecule has 3 fully saturated rings. The first kappa shape index (κ1) is 22.3. The molecule has 1 aromatic carbocycles. The number of aromatic nitrogens is 2. The summed E-state index contributed by atoms with van der Waals surface area (Å²) in [4.78, 5) is 29.2. The molecule has 0 N–H and O–H groups in total. The maximum atomic E-state index is 13.1. The van der Waals surface area contributed by atoms with Gasteiger partial charge in [-0.3, -0.25) is 4.79 Å². The molecular formula is C26H34FN5O. The largest absolute Gasteiger partial charge is 0.342 e. The lowest BCUT2D eigenvalue weighted by Crippen LogP contribution is -2.50. The topological polar surface area (TPSA) is 52.6 Å². The Kier molecular flexibility index (Phi) is 6.85. The molecule has 0 saturated carbocycles. The minimum atomic E-state index is -0.250. The lowest BCUT2D eigenvalue weighted by Gasteiger charge is -2.41. The molecule has 6 nitrogen and oxygen atoms in total. The van der Waals surface area contributed by atoms with Crippen LogP contribution in [-0.2, 0) is 4.79 Å². The van der Waals surface area contributed by atoms with E-state index < -0.39 is 0 Å². The fraction of sp³-hybridized carbons (Fsp3) is 0.577. The van der Waals surface area contributed by atoms with Gasteiger partial charge in [0.1, 0.15) is 5.82 Å². The molecule has 33 heavy (non-hydrogen) atoms. The van der Waals surface area contributed by atoms with Crippen molar-refractivity contribution in [3.8, 4) is 11.1 Å². The third kappa shape index (κ3) is 5.18. The Hall–Kier alpha value is -2.54. The number of halogens is 1. The molecule has 1 amide bonds. The van der Waals surface area contributed by atoms with Crippen molar-refractivity contribution in [2.45, 2.75) is 51.0 Å². The number of carbonyl (C=O) groups excluding carboxylic acids is 1. The summed E-state index contributed by atoms with van der Waals surface area (Å²) in [5.74, 6) is 0.916. The molecule has 0 spiro atoms. The Morgan fingerprint density at radius 1 is 0.788 bits per heavy atom. The van der Waals surface area contributed by atoms with Crippen LogP contribution in [-0.4, -0.2) is 71.0 Å². The molecule has 7 heteroatoms. The number of piperidine rings is 3. The molecule has 5 rings (SSSR count). The molecule has 176 valence electrons. The predicted molar refractivity (Wildman–Crippen MR) is 127 cm³/mol. The second-order valence-corrected chi connectivity index (χ2v) is 9.69. The minimum absolute atomic E-state index is 0.117. The number of hydrogen-bond acceptors (Lipinski definition) is 5. The van der Waals surface area contributed by atoms with Gasteiger partial charge in [-0.2, -0.15) is 0 Å². The molecule has 3 aliphatic heterocycles. The number of benzene rings is 1. The number of hydrogen-bond donors (Lipinski definition) is 0. The van der Waals surface area contributed by atoms with E-state index in [1.54, 1.807) is 24.5 Å². The van der Waals surface area contributed by atoms with Crippen LogP contribution in [0.4, 0.5) is 10.3 Å². The highest BCUT2D eigenvalue weighted by molar-refractivity contribution is 5.79. The van der Waals surface area contributed by atoms with Crippen LogP contribution in [0.5, 0.6) is 0 Å². The summed E-state index contributed by atoms with van der Waals surface area (Å²) in [7, 11) is 0. The third-order valence-electron chi connectivity index (χ3n) is 7.63. The Morgan fingerprint density at radius 2 is 1.42 bits per heavy atom. The zero-order valence-corrected chi connectivity index (χ0v) is 19.3. The van der Waals surface area contributed by atoms with E-state index in [4.69, 9.17) is 0 Å². The van der Waals surface area contributed by atoms with E-state index in [9.17, 15) is 9.18 Å². The summed E-state index contributed by atoms with van der Waals surface area (Å²) in [6.45, 7) is 5.91. The maximum Gasteiger partial charge on any atom is 0.225 e. The van der Waals surface area contributed by atoms with Gasteiger partial charge < -0.3 is 14.7 Å². The molecule has 0 radical (unpaired) electrons.